The topological polar surface area (TPSA) is 43.1 Å². The van der Waals surface area contributed by atoms with Crippen molar-refractivity contribution in [2.45, 2.75) is 53.5 Å². The number of halogens is 1. The van der Waals surface area contributed by atoms with Crippen molar-refractivity contribution in [3.8, 4) is 11.1 Å². The van der Waals surface area contributed by atoms with Gasteiger partial charge in [-0.25, -0.2) is 0 Å². The van der Waals surface area contributed by atoms with Gasteiger partial charge in [-0.05, 0) is 50.3 Å². The molecule has 0 atom stereocenters. The standard InChI is InChI=1S/C23H32N4O.ClH/c1-9-17(10-2)26(7)23-24-21-20(22(28)27(23)8)18(13-25(21)6)19-15(4)11-14(3)12-16(19)5;/h11-13,17H,9-10H2,1-8H3;1H. The van der Waals surface area contributed by atoms with Gasteiger partial charge in [0.15, 0.2) is 0 Å². The highest BCUT2D eigenvalue weighted by atomic mass is 35.5. The van der Waals surface area contributed by atoms with Gasteiger partial charge in [0.25, 0.3) is 5.56 Å². The normalized spacial score (nSPS) is 11.2. The van der Waals surface area contributed by atoms with E-state index in [4.69, 9.17) is 4.98 Å². The zero-order chi connectivity index (χ0) is 20.7. The molecule has 0 spiro atoms. The lowest BCUT2D eigenvalue weighted by Gasteiger charge is -2.28. The van der Waals surface area contributed by atoms with Crippen LogP contribution in [0.15, 0.2) is 23.1 Å². The van der Waals surface area contributed by atoms with Gasteiger partial charge < -0.3 is 9.47 Å². The number of aryl methyl sites for hydroxylation is 4. The second kappa shape index (κ2) is 8.62. The molecular weight excluding hydrogens is 384 g/mol. The van der Waals surface area contributed by atoms with E-state index in [9.17, 15) is 4.79 Å². The Hall–Kier alpha value is -2.27. The molecule has 0 saturated carbocycles. The van der Waals surface area contributed by atoms with Crippen LogP contribution >= 0.6 is 12.4 Å². The second-order valence-corrected chi connectivity index (χ2v) is 7.98. The predicted octanol–water partition coefficient (Wildman–Crippen LogP) is 4.91. The molecule has 0 aliphatic rings. The summed E-state index contributed by atoms with van der Waals surface area (Å²) in [6.07, 6.45) is 4.08. The molecular formula is C23H33ClN4O. The van der Waals surface area contributed by atoms with Crippen molar-refractivity contribution in [3.63, 3.8) is 0 Å². The SMILES string of the molecule is CCC(CC)N(C)c1nc2c(c(-c3c(C)cc(C)cc3C)cn2C)c(=O)n1C.Cl. The monoisotopic (exact) mass is 416 g/mol. The van der Waals surface area contributed by atoms with Gasteiger partial charge in [0.2, 0.25) is 5.95 Å². The van der Waals surface area contributed by atoms with Crippen LogP contribution in [0.1, 0.15) is 43.4 Å². The summed E-state index contributed by atoms with van der Waals surface area (Å²) in [6, 6.07) is 4.71. The summed E-state index contributed by atoms with van der Waals surface area (Å²) < 4.78 is 3.68. The molecule has 5 nitrogen and oxygen atoms in total. The Morgan fingerprint density at radius 3 is 2.14 bits per heavy atom. The van der Waals surface area contributed by atoms with Crippen molar-refractivity contribution in [3.05, 3.63) is 45.4 Å². The summed E-state index contributed by atoms with van der Waals surface area (Å²) in [5.74, 6) is 0.719. The summed E-state index contributed by atoms with van der Waals surface area (Å²) in [4.78, 5) is 20.5. The molecule has 0 aliphatic carbocycles. The molecule has 3 rings (SSSR count). The summed E-state index contributed by atoms with van der Waals surface area (Å²) in [6.45, 7) is 10.7. The van der Waals surface area contributed by atoms with Crippen LogP contribution in [0, 0.1) is 20.8 Å². The van der Waals surface area contributed by atoms with Crippen LogP contribution in [-0.2, 0) is 14.1 Å². The highest BCUT2D eigenvalue weighted by Crippen LogP contribution is 2.33. The van der Waals surface area contributed by atoms with Gasteiger partial charge >= 0.3 is 0 Å². The van der Waals surface area contributed by atoms with E-state index in [1.54, 1.807) is 4.57 Å². The number of hydrogen-bond donors (Lipinski definition) is 0. The average molecular weight is 417 g/mol. The van der Waals surface area contributed by atoms with E-state index in [-0.39, 0.29) is 18.0 Å². The lowest BCUT2D eigenvalue weighted by Crippen LogP contribution is -2.36. The minimum Gasteiger partial charge on any atom is -0.342 e. The number of fused-ring (bicyclic) bond motifs is 1. The molecule has 0 N–H and O–H groups in total. The maximum absolute atomic E-state index is 13.4. The lowest BCUT2D eigenvalue weighted by molar-refractivity contribution is 0.569. The molecule has 0 bridgehead atoms. The Balaban J connectivity index is 0.00000300. The van der Waals surface area contributed by atoms with Crippen LogP contribution < -0.4 is 10.5 Å². The van der Waals surface area contributed by atoms with Crippen molar-refractivity contribution in [1.29, 1.82) is 0 Å². The minimum absolute atomic E-state index is 0. The third kappa shape index (κ3) is 3.80. The van der Waals surface area contributed by atoms with Gasteiger partial charge in [-0.3, -0.25) is 9.36 Å². The van der Waals surface area contributed by atoms with Gasteiger partial charge in [0.1, 0.15) is 5.65 Å². The van der Waals surface area contributed by atoms with Crippen LogP contribution in [-0.4, -0.2) is 27.2 Å². The maximum Gasteiger partial charge on any atom is 0.264 e. The minimum atomic E-state index is 0. The van der Waals surface area contributed by atoms with Crippen LogP contribution in [0.5, 0.6) is 0 Å². The first-order valence-corrected chi connectivity index (χ1v) is 10.1. The van der Waals surface area contributed by atoms with E-state index in [0.717, 1.165) is 35.6 Å². The van der Waals surface area contributed by atoms with Crippen molar-refractivity contribution in [2.75, 3.05) is 11.9 Å². The Kier molecular flexibility index (Phi) is 6.84. The van der Waals surface area contributed by atoms with E-state index in [0.29, 0.717) is 11.4 Å². The number of aromatic nitrogens is 3. The Labute approximate surface area is 179 Å². The third-order valence-corrected chi connectivity index (χ3v) is 5.93. The molecule has 158 valence electrons. The largest absolute Gasteiger partial charge is 0.342 e. The van der Waals surface area contributed by atoms with E-state index in [1.165, 1.54) is 16.7 Å². The molecule has 0 aliphatic heterocycles. The zero-order valence-electron chi connectivity index (χ0n) is 18.8. The molecule has 6 heteroatoms. The van der Waals surface area contributed by atoms with Crippen LogP contribution in [0.4, 0.5) is 5.95 Å². The smallest absolute Gasteiger partial charge is 0.264 e. The first-order valence-electron chi connectivity index (χ1n) is 10.1. The Morgan fingerprint density at radius 1 is 1.07 bits per heavy atom. The van der Waals surface area contributed by atoms with E-state index in [1.807, 2.05) is 31.9 Å². The summed E-state index contributed by atoms with van der Waals surface area (Å²) in [7, 11) is 5.83. The van der Waals surface area contributed by atoms with Crippen LogP contribution in [0.3, 0.4) is 0 Å². The van der Waals surface area contributed by atoms with Crippen molar-refractivity contribution >= 4 is 29.4 Å². The second-order valence-electron chi connectivity index (χ2n) is 7.98. The molecule has 29 heavy (non-hydrogen) atoms. The first kappa shape index (κ1) is 23.0. The quantitative estimate of drug-likeness (QED) is 0.593. The molecule has 0 unspecified atom stereocenters. The molecule has 3 aromatic rings. The average Bonchev–Trinajstić information content (AvgIpc) is 2.94. The van der Waals surface area contributed by atoms with Crippen molar-refractivity contribution in [1.82, 2.24) is 14.1 Å². The number of hydrogen-bond acceptors (Lipinski definition) is 3. The van der Waals surface area contributed by atoms with Gasteiger partial charge in [0, 0.05) is 38.9 Å². The number of nitrogens with zero attached hydrogens (tertiary/aromatic N) is 4. The third-order valence-electron chi connectivity index (χ3n) is 5.93. The van der Waals surface area contributed by atoms with Crippen LogP contribution in [0.25, 0.3) is 22.2 Å². The van der Waals surface area contributed by atoms with E-state index < -0.39 is 0 Å². The van der Waals surface area contributed by atoms with Gasteiger partial charge in [0.05, 0.1) is 5.39 Å². The Bertz CT molecular complexity index is 1070. The fourth-order valence-electron chi connectivity index (χ4n) is 4.50. The summed E-state index contributed by atoms with van der Waals surface area (Å²) >= 11 is 0. The number of benzene rings is 1. The molecule has 0 saturated heterocycles. The predicted molar refractivity (Wildman–Crippen MR) is 126 cm³/mol. The van der Waals surface area contributed by atoms with Gasteiger partial charge in [-0.2, -0.15) is 4.98 Å². The summed E-state index contributed by atoms with van der Waals surface area (Å²) in [5.41, 5.74) is 6.46. The molecule has 1 aromatic carbocycles. The number of anilines is 1. The number of rotatable bonds is 5. The lowest BCUT2D eigenvalue weighted by atomic mass is 9.94. The zero-order valence-corrected chi connectivity index (χ0v) is 19.6. The summed E-state index contributed by atoms with van der Waals surface area (Å²) in [5, 5.41) is 0.696. The van der Waals surface area contributed by atoms with Crippen molar-refractivity contribution in [2.24, 2.45) is 14.1 Å². The highest BCUT2D eigenvalue weighted by molar-refractivity contribution is 5.95. The molecule has 0 amide bonds. The first-order chi connectivity index (χ1) is 13.2. The molecule has 0 fully saturated rings. The molecule has 0 radical (unpaired) electrons. The fourth-order valence-corrected chi connectivity index (χ4v) is 4.50. The maximum atomic E-state index is 13.4. The van der Waals surface area contributed by atoms with Crippen molar-refractivity contribution < 1.29 is 0 Å². The highest BCUT2D eigenvalue weighted by Gasteiger charge is 2.22. The van der Waals surface area contributed by atoms with Gasteiger partial charge in [-0.1, -0.05) is 31.5 Å². The molecule has 2 aromatic heterocycles. The van der Waals surface area contributed by atoms with E-state index in [2.05, 4.69) is 51.7 Å². The van der Waals surface area contributed by atoms with E-state index >= 15 is 0 Å². The molecule has 2 heterocycles. The Morgan fingerprint density at radius 2 is 1.62 bits per heavy atom. The van der Waals surface area contributed by atoms with Gasteiger partial charge in [-0.15, -0.1) is 12.4 Å². The fraction of sp³-hybridized carbons (Fsp3) is 0.478. The van der Waals surface area contributed by atoms with Crippen LogP contribution in [0.2, 0.25) is 0 Å².